The van der Waals surface area contributed by atoms with Crippen molar-refractivity contribution >= 4 is 5.97 Å². The van der Waals surface area contributed by atoms with E-state index in [0.29, 0.717) is 12.0 Å². The summed E-state index contributed by atoms with van der Waals surface area (Å²) in [5.74, 6) is -4.18. The van der Waals surface area contributed by atoms with Crippen molar-refractivity contribution in [3.63, 3.8) is 0 Å². The Balaban J connectivity index is 3.44. The second-order valence-corrected chi connectivity index (χ2v) is 3.67. The third-order valence-electron chi connectivity index (χ3n) is 2.33. The second-order valence-electron chi connectivity index (χ2n) is 3.67. The van der Waals surface area contributed by atoms with E-state index in [1.165, 1.54) is 6.92 Å². The Bertz CT molecular complexity index is 425. The fourth-order valence-electron chi connectivity index (χ4n) is 1.53. The lowest BCUT2D eigenvalue weighted by Crippen LogP contribution is -2.15. The number of alkyl halides is 2. The summed E-state index contributed by atoms with van der Waals surface area (Å²) in [6, 6.07) is 1.16. The van der Waals surface area contributed by atoms with Gasteiger partial charge in [0.1, 0.15) is 5.69 Å². The highest BCUT2D eigenvalue weighted by Crippen LogP contribution is 2.28. The summed E-state index contributed by atoms with van der Waals surface area (Å²) >= 11 is 0. The lowest BCUT2D eigenvalue weighted by Gasteiger charge is -2.14. The van der Waals surface area contributed by atoms with Crippen molar-refractivity contribution in [2.75, 3.05) is 0 Å². The molecule has 88 valence electrons. The van der Waals surface area contributed by atoms with Gasteiger partial charge in [0.15, 0.2) is 0 Å². The lowest BCUT2D eigenvalue weighted by atomic mass is 10.0. The SMILES string of the molecule is CCc1cc(C(C)(F)F)nc(C)c1C(=O)O. The van der Waals surface area contributed by atoms with Crippen LogP contribution in [0.15, 0.2) is 6.07 Å². The first-order valence-electron chi connectivity index (χ1n) is 4.89. The van der Waals surface area contributed by atoms with Crippen LogP contribution < -0.4 is 0 Å². The molecular formula is C11H13F2NO2. The zero-order chi connectivity index (χ0) is 12.5. The van der Waals surface area contributed by atoms with Gasteiger partial charge >= 0.3 is 5.97 Å². The van der Waals surface area contributed by atoms with E-state index < -0.39 is 11.9 Å². The summed E-state index contributed by atoms with van der Waals surface area (Å²) in [4.78, 5) is 14.6. The van der Waals surface area contributed by atoms with Gasteiger partial charge in [0, 0.05) is 6.92 Å². The molecule has 0 aromatic carbocycles. The maximum absolute atomic E-state index is 13.1. The van der Waals surface area contributed by atoms with Crippen molar-refractivity contribution in [3.05, 3.63) is 28.6 Å². The molecule has 0 spiro atoms. The number of hydrogen-bond donors (Lipinski definition) is 1. The van der Waals surface area contributed by atoms with E-state index in [1.807, 2.05) is 0 Å². The van der Waals surface area contributed by atoms with Crippen LogP contribution in [0.1, 0.15) is 41.2 Å². The Morgan fingerprint density at radius 2 is 2.12 bits per heavy atom. The standard InChI is InChI=1S/C11H13F2NO2/c1-4-7-5-8(11(3,12)13)14-6(2)9(7)10(15)16/h5H,4H2,1-3H3,(H,15,16). The number of carbonyl (C=O) groups is 1. The van der Waals surface area contributed by atoms with Crippen molar-refractivity contribution in [3.8, 4) is 0 Å². The molecule has 0 amide bonds. The molecule has 0 aliphatic rings. The van der Waals surface area contributed by atoms with Gasteiger partial charge in [-0.15, -0.1) is 0 Å². The van der Waals surface area contributed by atoms with Crippen molar-refractivity contribution in [2.24, 2.45) is 0 Å². The Kier molecular flexibility index (Phi) is 3.26. The van der Waals surface area contributed by atoms with E-state index in [4.69, 9.17) is 5.11 Å². The van der Waals surface area contributed by atoms with Gasteiger partial charge in [-0.2, -0.15) is 8.78 Å². The number of hydrogen-bond acceptors (Lipinski definition) is 2. The van der Waals surface area contributed by atoms with Crippen LogP contribution in [0.2, 0.25) is 0 Å². The van der Waals surface area contributed by atoms with Gasteiger partial charge in [0.25, 0.3) is 5.92 Å². The Morgan fingerprint density at radius 3 is 2.50 bits per heavy atom. The zero-order valence-corrected chi connectivity index (χ0v) is 9.34. The van der Waals surface area contributed by atoms with Gasteiger partial charge in [-0.3, -0.25) is 4.98 Å². The van der Waals surface area contributed by atoms with Crippen LogP contribution in [-0.2, 0) is 12.3 Å². The molecule has 0 atom stereocenters. The highest BCUT2D eigenvalue weighted by atomic mass is 19.3. The molecule has 1 aromatic heterocycles. The average molecular weight is 229 g/mol. The quantitative estimate of drug-likeness (QED) is 0.866. The predicted molar refractivity (Wildman–Crippen MR) is 54.9 cm³/mol. The van der Waals surface area contributed by atoms with E-state index in [9.17, 15) is 13.6 Å². The number of rotatable bonds is 3. The average Bonchev–Trinajstić information content (AvgIpc) is 2.14. The minimum Gasteiger partial charge on any atom is -0.478 e. The van der Waals surface area contributed by atoms with Crippen molar-refractivity contribution in [1.29, 1.82) is 0 Å². The third-order valence-corrected chi connectivity index (χ3v) is 2.33. The minimum atomic E-state index is -3.05. The second kappa shape index (κ2) is 4.15. The fourth-order valence-corrected chi connectivity index (χ4v) is 1.53. The highest BCUT2D eigenvalue weighted by Gasteiger charge is 2.28. The van der Waals surface area contributed by atoms with E-state index in [-0.39, 0.29) is 17.0 Å². The molecule has 0 saturated carbocycles. The topological polar surface area (TPSA) is 50.2 Å². The van der Waals surface area contributed by atoms with Crippen molar-refractivity contribution in [2.45, 2.75) is 33.1 Å². The zero-order valence-electron chi connectivity index (χ0n) is 9.34. The molecule has 0 aliphatic heterocycles. The smallest absolute Gasteiger partial charge is 0.337 e. The first-order valence-corrected chi connectivity index (χ1v) is 4.89. The van der Waals surface area contributed by atoms with Crippen LogP contribution in [0, 0.1) is 6.92 Å². The minimum absolute atomic E-state index is 0.0236. The number of carboxylic acid groups (broad SMARTS) is 1. The van der Waals surface area contributed by atoms with Crippen LogP contribution in [0.5, 0.6) is 0 Å². The fraction of sp³-hybridized carbons (Fsp3) is 0.455. The summed E-state index contributed by atoms with van der Waals surface area (Å²) in [5, 5.41) is 8.94. The Labute approximate surface area is 92.1 Å². The number of aryl methyl sites for hydroxylation is 2. The predicted octanol–water partition coefficient (Wildman–Crippen LogP) is 2.76. The van der Waals surface area contributed by atoms with Gasteiger partial charge in [-0.25, -0.2) is 4.79 Å². The van der Waals surface area contributed by atoms with Gasteiger partial charge < -0.3 is 5.11 Å². The molecule has 3 nitrogen and oxygen atoms in total. The van der Waals surface area contributed by atoms with E-state index in [0.717, 1.165) is 13.0 Å². The van der Waals surface area contributed by atoms with Crippen LogP contribution in [0.3, 0.4) is 0 Å². The molecule has 0 aliphatic carbocycles. The van der Waals surface area contributed by atoms with Crippen LogP contribution >= 0.6 is 0 Å². The van der Waals surface area contributed by atoms with Crippen LogP contribution in [-0.4, -0.2) is 16.1 Å². The monoisotopic (exact) mass is 229 g/mol. The third kappa shape index (κ3) is 2.35. The number of halogens is 2. The number of nitrogens with zero attached hydrogens (tertiary/aromatic N) is 1. The van der Waals surface area contributed by atoms with Gasteiger partial charge in [0.05, 0.1) is 11.3 Å². The number of aromatic nitrogens is 1. The molecule has 0 saturated heterocycles. The van der Waals surface area contributed by atoms with E-state index in [2.05, 4.69) is 4.98 Å². The first-order chi connectivity index (χ1) is 7.27. The molecule has 1 rings (SSSR count). The maximum Gasteiger partial charge on any atom is 0.337 e. The molecule has 0 unspecified atom stereocenters. The normalized spacial score (nSPS) is 11.6. The van der Waals surface area contributed by atoms with Crippen molar-refractivity contribution < 1.29 is 18.7 Å². The summed E-state index contributed by atoms with van der Waals surface area (Å²) in [7, 11) is 0. The molecule has 1 N–H and O–H groups in total. The molecule has 5 heteroatoms. The Hall–Kier alpha value is -1.52. The van der Waals surface area contributed by atoms with Gasteiger partial charge in [0.2, 0.25) is 0 Å². The maximum atomic E-state index is 13.1. The number of aromatic carboxylic acids is 1. The molecule has 0 radical (unpaired) electrons. The molecular weight excluding hydrogens is 216 g/mol. The largest absolute Gasteiger partial charge is 0.478 e. The van der Waals surface area contributed by atoms with E-state index in [1.54, 1.807) is 6.92 Å². The Morgan fingerprint density at radius 1 is 1.56 bits per heavy atom. The summed E-state index contributed by atoms with van der Waals surface area (Å²) in [6.45, 7) is 3.89. The van der Waals surface area contributed by atoms with Crippen LogP contribution in [0.4, 0.5) is 8.78 Å². The number of pyridine rings is 1. The molecule has 1 heterocycles. The summed E-state index contributed by atoms with van der Waals surface area (Å²) < 4.78 is 26.1. The molecule has 0 fully saturated rings. The van der Waals surface area contributed by atoms with Crippen molar-refractivity contribution in [1.82, 2.24) is 4.98 Å². The van der Waals surface area contributed by atoms with Gasteiger partial charge in [-0.1, -0.05) is 6.92 Å². The summed E-state index contributed by atoms with van der Waals surface area (Å²) in [5.41, 5.74) is 0.155. The highest BCUT2D eigenvalue weighted by molar-refractivity contribution is 5.90. The molecule has 16 heavy (non-hydrogen) atoms. The van der Waals surface area contributed by atoms with Crippen LogP contribution in [0.25, 0.3) is 0 Å². The number of carboxylic acids is 1. The van der Waals surface area contributed by atoms with E-state index >= 15 is 0 Å². The summed E-state index contributed by atoms with van der Waals surface area (Å²) in [6.07, 6.45) is 0.383. The first kappa shape index (κ1) is 12.5. The molecule has 1 aromatic rings. The van der Waals surface area contributed by atoms with Gasteiger partial charge in [-0.05, 0) is 25.0 Å². The molecule has 0 bridgehead atoms. The lowest BCUT2D eigenvalue weighted by molar-refractivity contribution is 0.0124.